The molecule has 2 saturated carbocycles. The first-order valence-electron chi connectivity index (χ1n) is 10.6. The predicted molar refractivity (Wildman–Crippen MR) is 112 cm³/mol. The minimum Gasteiger partial charge on any atom is -0.497 e. The van der Waals surface area contributed by atoms with Gasteiger partial charge in [0.15, 0.2) is 0 Å². The molecule has 2 bridgehead atoms. The summed E-state index contributed by atoms with van der Waals surface area (Å²) in [5, 5.41) is 0. The van der Waals surface area contributed by atoms with E-state index in [4.69, 9.17) is 9.47 Å². The molecule has 2 aromatic carbocycles. The lowest BCUT2D eigenvalue weighted by molar-refractivity contribution is -0.124. The van der Waals surface area contributed by atoms with Gasteiger partial charge in [0.1, 0.15) is 11.5 Å². The number of carbonyl (C=O) groups excluding carboxylic acids is 3. The Morgan fingerprint density at radius 2 is 1.52 bits per heavy atom. The molecule has 6 atom stereocenters. The molecule has 0 radical (unpaired) electrons. The molecule has 2 aromatic rings. The van der Waals surface area contributed by atoms with Crippen molar-refractivity contribution in [1.29, 1.82) is 0 Å². The zero-order chi connectivity index (χ0) is 21.3. The minimum atomic E-state index is -0.550. The maximum atomic E-state index is 13.3. The molecule has 3 fully saturated rings. The fourth-order valence-corrected chi connectivity index (χ4v) is 5.79. The van der Waals surface area contributed by atoms with Crippen molar-refractivity contribution in [3.63, 3.8) is 0 Å². The summed E-state index contributed by atoms with van der Waals surface area (Å²) in [5.74, 6) is 1.15. The standard InChI is InChI=1S/C25H21NO5/c1-30-15-5-7-16(8-6-15)31-25(29)13-3-2-4-14(11-13)26-23(27)21-17-9-10-18(20-12-19(17)20)22(21)24(26)28/h2-11,17-22H,12H2,1H3/t17-,18-,19-,20-,21-,22+/m0/s1. The average molecular weight is 415 g/mol. The molecule has 31 heavy (non-hydrogen) atoms. The van der Waals surface area contributed by atoms with Crippen molar-refractivity contribution in [3.8, 4) is 11.5 Å². The van der Waals surface area contributed by atoms with Crippen LogP contribution in [0.4, 0.5) is 5.69 Å². The largest absolute Gasteiger partial charge is 0.497 e. The van der Waals surface area contributed by atoms with Crippen LogP contribution in [-0.2, 0) is 9.59 Å². The van der Waals surface area contributed by atoms with Gasteiger partial charge >= 0.3 is 5.97 Å². The number of rotatable bonds is 4. The molecule has 0 unspecified atom stereocenters. The maximum Gasteiger partial charge on any atom is 0.343 e. The number of carbonyl (C=O) groups is 3. The van der Waals surface area contributed by atoms with Gasteiger partial charge in [-0.05, 0) is 72.6 Å². The van der Waals surface area contributed by atoms with Gasteiger partial charge in [0.25, 0.3) is 0 Å². The molecule has 156 valence electrons. The van der Waals surface area contributed by atoms with Gasteiger partial charge in [-0.15, -0.1) is 0 Å². The van der Waals surface area contributed by atoms with Crippen LogP contribution in [-0.4, -0.2) is 24.9 Å². The van der Waals surface area contributed by atoms with E-state index in [0.717, 1.165) is 6.42 Å². The first-order valence-corrected chi connectivity index (χ1v) is 10.6. The summed E-state index contributed by atoms with van der Waals surface area (Å²) in [5.41, 5.74) is 0.717. The number of benzene rings is 2. The Bertz CT molecular complexity index is 1100. The fourth-order valence-electron chi connectivity index (χ4n) is 5.79. The van der Waals surface area contributed by atoms with Crippen LogP contribution in [0.3, 0.4) is 0 Å². The number of nitrogens with zero attached hydrogens (tertiary/aromatic N) is 1. The summed E-state index contributed by atoms with van der Waals surface area (Å²) < 4.78 is 10.5. The Morgan fingerprint density at radius 1 is 0.903 bits per heavy atom. The molecular formula is C25H21NO5. The Balaban J connectivity index is 1.26. The lowest BCUT2D eigenvalue weighted by atomic mass is 9.63. The van der Waals surface area contributed by atoms with E-state index in [1.807, 2.05) is 0 Å². The third-order valence-electron chi connectivity index (χ3n) is 7.27. The van der Waals surface area contributed by atoms with Crippen LogP contribution in [0, 0.1) is 35.5 Å². The summed E-state index contributed by atoms with van der Waals surface area (Å²) in [6.45, 7) is 0. The second-order valence-corrected chi connectivity index (χ2v) is 8.78. The van der Waals surface area contributed by atoms with Crippen LogP contribution in [0.15, 0.2) is 60.7 Å². The quantitative estimate of drug-likeness (QED) is 0.331. The molecule has 1 aliphatic heterocycles. The molecule has 1 heterocycles. The van der Waals surface area contributed by atoms with Gasteiger partial charge in [0.05, 0.1) is 30.2 Å². The third kappa shape index (κ3) is 2.67. The van der Waals surface area contributed by atoms with Crippen LogP contribution < -0.4 is 14.4 Å². The molecular weight excluding hydrogens is 394 g/mol. The lowest BCUT2D eigenvalue weighted by Gasteiger charge is -2.37. The van der Waals surface area contributed by atoms with E-state index >= 15 is 0 Å². The van der Waals surface area contributed by atoms with Gasteiger partial charge in [0, 0.05) is 0 Å². The van der Waals surface area contributed by atoms with E-state index < -0.39 is 5.97 Å². The Kier molecular flexibility index (Phi) is 3.88. The van der Waals surface area contributed by atoms with Crippen LogP contribution in [0.2, 0.25) is 0 Å². The number of hydrogen-bond donors (Lipinski definition) is 0. The Hall–Kier alpha value is -3.41. The zero-order valence-corrected chi connectivity index (χ0v) is 16.9. The summed E-state index contributed by atoms with van der Waals surface area (Å²) in [7, 11) is 1.56. The number of imide groups is 1. The lowest BCUT2D eigenvalue weighted by Crippen LogP contribution is -2.40. The molecule has 0 N–H and O–H groups in total. The van der Waals surface area contributed by atoms with Crippen molar-refractivity contribution < 1.29 is 23.9 Å². The first kappa shape index (κ1) is 18.4. The second-order valence-electron chi connectivity index (χ2n) is 8.78. The molecule has 5 aliphatic rings. The van der Waals surface area contributed by atoms with Gasteiger partial charge in [-0.2, -0.15) is 0 Å². The highest BCUT2D eigenvalue weighted by Crippen LogP contribution is 2.65. The van der Waals surface area contributed by atoms with Gasteiger partial charge in [-0.25, -0.2) is 9.69 Å². The monoisotopic (exact) mass is 415 g/mol. The summed E-state index contributed by atoms with van der Waals surface area (Å²) in [6, 6.07) is 13.3. The summed E-state index contributed by atoms with van der Waals surface area (Å²) >= 11 is 0. The van der Waals surface area contributed by atoms with E-state index in [9.17, 15) is 14.4 Å². The molecule has 6 nitrogen and oxygen atoms in total. The normalized spacial score (nSPS) is 32.0. The zero-order valence-electron chi connectivity index (χ0n) is 16.9. The number of methoxy groups -OCH3 is 1. The van der Waals surface area contributed by atoms with E-state index in [0.29, 0.717) is 29.0 Å². The molecule has 7 rings (SSSR count). The topological polar surface area (TPSA) is 72.9 Å². The van der Waals surface area contributed by atoms with Crippen molar-refractivity contribution in [2.45, 2.75) is 6.42 Å². The van der Waals surface area contributed by atoms with Crippen molar-refractivity contribution >= 4 is 23.5 Å². The smallest absolute Gasteiger partial charge is 0.343 e. The SMILES string of the molecule is COc1ccc(OC(=O)c2cccc(N3C(=O)[C@@H]4[C@H]5C=C[C@@H]([C@@H]6C[C@@H]56)[C@@H]4C3=O)c2)cc1. The second kappa shape index (κ2) is 6.54. The van der Waals surface area contributed by atoms with Gasteiger partial charge in [-0.3, -0.25) is 9.59 Å². The number of hydrogen-bond acceptors (Lipinski definition) is 5. The summed E-state index contributed by atoms with van der Waals surface area (Å²) in [6.07, 6.45) is 5.43. The van der Waals surface area contributed by atoms with Crippen molar-refractivity contribution in [1.82, 2.24) is 0 Å². The van der Waals surface area contributed by atoms with Crippen LogP contribution in [0.1, 0.15) is 16.8 Å². The minimum absolute atomic E-state index is 0.139. The molecule has 4 aliphatic carbocycles. The van der Waals surface area contributed by atoms with Gasteiger partial charge in [-0.1, -0.05) is 18.2 Å². The van der Waals surface area contributed by atoms with E-state index in [2.05, 4.69) is 12.2 Å². The molecule has 1 saturated heterocycles. The highest BCUT2D eigenvalue weighted by molar-refractivity contribution is 6.23. The number of anilines is 1. The number of ether oxygens (including phenoxy) is 2. The highest BCUT2D eigenvalue weighted by atomic mass is 16.5. The van der Waals surface area contributed by atoms with E-state index in [1.54, 1.807) is 55.6 Å². The third-order valence-corrected chi connectivity index (χ3v) is 7.27. The molecule has 0 aromatic heterocycles. The van der Waals surface area contributed by atoms with Crippen LogP contribution in [0.5, 0.6) is 11.5 Å². The first-order chi connectivity index (χ1) is 15.1. The molecule has 6 heteroatoms. The predicted octanol–water partition coefficient (Wildman–Crippen LogP) is 3.47. The fraction of sp³-hybridized carbons (Fsp3) is 0.320. The Morgan fingerprint density at radius 3 is 2.13 bits per heavy atom. The number of esters is 1. The summed E-state index contributed by atoms with van der Waals surface area (Å²) in [4.78, 5) is 40.5. The van der Waals surface area contributed by atoms with Crippen molar-refractivity contribution in [2.75, 3.05) is 12.0 Å². The van der Waals surface area contributed by atoms with E-state index in [-0.39, 0.29) is 41.0 Å². The van der Waals surface area contributed by atoms with Crippen molar-refractivity contribution in [3.05, 3.63) is 66.2 Å². The molecule has 0 spiro atoms. The van der Waals surface area contributed by atoms with Crippen molar-refractivity contribution in [2.24, 2.45) is 35.5 Å². The molecule has 2 amide bonds. The number of allylic oxidation sites excluding steroid dienone is 2. The van der Waals surface area contributed by atoms with Gasteiger partial charge < -0.3 is 9.47 Å². The van der Waals surface area contributed by atoms with Gasteiger partial charge in [0.2, 0.25) is 11.8 Å². The number of amides is 2. The maximum absolute atomic E-state index is 13.3. The van der Waals surface area contributed by atoms with E-state index in [1.165, 1.54) is 4.90 Å². The van der Waals surface area contributed by atoms with Crippen LogP contribution in [0.25, 0.3) is 0 Å². The highest BCUT2D eigenvalue weighted by Gasteiger charge is 2.67. The average Bonchev–Trinajstić information content (AvgIpc) is 3.57. The Labute approximate surface area is 179 Å². The van der Waals surface area contributed by atoms with Crippen LogP contribution >= 0.6 is 0 Å².